The maximum atomic E-state index is 9.25. The number of rotatable bonds is 7. The first kappa shape index (κ1) is 16.7. The number of ether oxygens (including phenoxy) is 2. The first-order valence-electron chi connectivity index (χ1n) is 8.26. The van der Waals surface area contributed by atoms with E-state index in [9.17, 15) is 5.26 Å². The number of hydrogen-bond donors (Lipinski definition) is 0. The Balaban J connectivity index is 1.57. The average molecular weight is 295 g/mol. The molecule has 0 unspecified atom stereocenters. The highest BCUT2D eigenvalue weighted by atomic mass is 16.5. The minimum absolute atomic E-state index is 0.0583. The molecule has 0 spiro atoms. The van der Waals surface area contributed by atoms with Crippen molar-refractivity contribution in [1.29, 1.82) is 5.26 Å². The molecule has 0 aromatic heterocycles. The smallest absolute Gasteiger partial charge is 0.100 e. The van der Waals surface area contributed by atoms with Crippen molar-refractivity contribution in [3.05, 3.63) is 0 Å². The molecule has 0 aromatic rings. The lowest BCUT2D eigenvalue weighted by molar-refractivity contribution is 0.00476. The van der Waals surface area contributed by atoms with E-state index < -0.39 is 0 Å². The van der Waals surface area contributed by atoms with Crippen LogP contribution in [0.3, 0.4) is 0 Å². The van der Waals surface area contributed by atoms with Crippen LogP contribution >= 0.6 is 0 Å². The third kappa shape index (κ3) is 5.23. The summed E-state index contributed by atoms with van der Waals surface area (Å²) in [5.41, 5.74) is 0. The molecule has 120 valence electrons. The van der Waals surface area contributed by atoms with Gasteiger partial charge in [-0.1, -0.05) is 13.8 Å². The van der Waals surface area contributed by atoms with Gasteiger partial charge in [-0.15, -0.1) is 0 Å². The van der Waals surface area contributed by atoms with Crippen molar-refractivity contribution in [1.82, 2.24) is 9.80 Å². The van der Waals surface area contributed by atoms with Crippen molar-refractivity contribution in [3.63, 3.8) is 0 Å². The summed E-state index contributed by atoms with van der Waals surface area (Å²) >= 11 is 0. The monoisotopic (exact) mass is 295 g/mol. The fourth-order valence-electron chi connectivity index (χ4n) is 3.10. The number of nitrogens with zero attached hydrogens (tertiary/aromatic N) is 3. The largest absolute Gasteiger partial charge is 0.377 e. The number of hydrogen-bond acceptors (Lipinski definition) is 5. The van der Waals surface area contributed by atoms with Crippen LogP contribution in [0.2, 0.25) is 0 Å². The molecule has 0 N–H and O–H groups in total. The molecule has 0 radical (unpaired) electrons. The van der Waals surface area contributed by atoms with E-state index in [4.69, 9.17) is 9.47 Å². The molecule has 5 heteroatoms. The highest BCUT2D eigenvalue weighted by molar-refractivity contribution is 4.95. The van der Waals surface area contributed by atoms with Crippen LogP contribution in [0.25, 0.3) is 0 Å². The summed E-state index contributed by atoms with van der Waals surface area (Å²) in [5.74, 6) is 0.399. The summed E-state index contributed by atoms with van der Waals surface area (Å²) < 4.78 is 11.3. The van der Waals surface area contributed by atoms with Crippen LogP contribution in [0.15, 0.2) is 0 Å². The Morgan fingerprint density at radius 2 is 2.05 bits per heavy atom. The lowest BCUT2D eigenvalue weighted by Gasteiger charge is -2.38. The molecule has 2 rings (SSSR count). The number of nitriles is 1. The Morgan fingerprint density at radius 3 is 2.62 bits per heavy atom. The second-order valence-corrected chi connectivity index (χ2v) is 6.41. The molecule has 0 aliphatic carbocycles. The Hall–Kier alpha value is -0.670. The standard InChI is InChI=1S/C16H29N3O2/c1-14(2)16(12-17)19-7-5-18(6-8-19)9-11-20-13-15-4-3-10-21-15/h14-16H,3-11,13H2,1-2H3/t15-,16+/m1/s1. The molecule has 0 bridgehead atoms. The predicted molar refractivity (Wildman–Crippen MR) is 82.0 cm³/mol. The van der Waals surface area contributed by atoms with Crippen LogP contribution in [0.1, 0.15) is 26.7 Å². The first-order valence-corrected chi connectivity index (χ1v) is 8.26. The Labute approximate surface area is 128 Å². The molecule has 2 fully saturated rings. The van der Waals surface area contributed by atoms with Crippen LogP contribution in [0.5, 0.6) is 0 Å². The summed E-state index contributed by atoms with van der Waals surface area (Å²) in [4.78, 5) is 4.75. The van der Waals surface area contributed by atoms with Gasteiger partial charge in [-0.3, -0.25) is 9.80 Å². The highest BCUT2D eigenvalue weighted by Gasteiger charge is 2.25. The molecule has 0 amide bonds. The van der Waals surface area contributed by atoms with Crippen LogP contribution in [0.4, 0.5) is 0 Å². The summed E-state index contributed by atoms with van der Waals surface area (Å²) in [6, 6.07) is 2.50. The van der Waals surface area contributed by atoms with E-state index in [1.807, 2.05) is 0 Å². The van der Waals surface area contributed by atoms with Crippen LogP contribution in [0, 0.1) is 17.2 Å². The van der Waals surface area contributed by atoms with Crippen molar-refractivity contribution in [2.75, 3.05) is 52.5 Å². The van der Waals surface area contributed by atoms with Crippen molar-refractivity contribution in [3.8, 4) is 6.07 Å². The third-order valence-corrected chi connectivity index (χ3v) is 4.44. The Bertz CT molecular complexity index is 329. The Kier molecular flexibility index (Phi) is 6.91. The highest BCUT2D eigenvalue weighted by Crippen LogP contribution is 2.14. The molecule has 21 heavy (non-hydrogen) atoms. The zero-order valence-corrected chi connectivity index (χ0v) is 13.5. The van der Waals surface area contributed by atoms with Gasteiger partial charge in [-0.2, -0.15) is 5.26 Å². The van der Waals surface area contributed by atoms with E-state index in [1.54, 1.807) is 0 Å². The van der Waals surface area contributed by atoms with E-state index >= 15 is 0 Å². The first-order chi connectivity index (χ1) is 10.2. The minimum atomic E-state index is 0.0583. The van der Waals surface area contributed by atoms with Crippen molar-refractivity contribution in [2.45, 2.75) is 38.8 Å². The molecule has 5 nitrogen and oxygen atoms in total. The lowest BCUT2D eigenvalue weighted by atomic mass is 10.0. The minimum Gasteiger partial charge on any atom is -0.377 e. The van der Waals surface area contributed by atoms with Gasteiger partial charge in [0.25, 0.3) is 0 Å². The maximum Gasteiger partial charge on any atom is 0.100 e. The van der Waals surface area contributed by atoms with Gasteiger partial charge >= 0.3 is 0 Å². The molecule has 2 aliphatic heterocycles. The average Bonchev–Trinajstić information content (AvgIpc) is 2.99. The number of piperazine rings is 1. The fourth-order valence-corrected chi connectivity index (χ4v) is 3.10. The normalized spacial score (nSPS) is 26.1. The molecule has 0 aromatic carbocycles. The second-order valence-electron chi connectivity index (χ2n) is 6.41. The van der Waals surface area contributed by atoms with Crippen LogP contribution < -0.4 is 0 Å². The Morgan fingerprint density at radius 1 is 1.29 bits per heavy atom. The molecule has 2 heterocycles. The van der Waals surface area contributed by atoms with Gasteiger partial charge in [0, 0.05) is 39.3 Å². The van der Waals surface area contributed by atoms with Gasteiger partial charge in [0.05, 0.1) is 25.4 Å². The SMILES string of the molecule is CC(C)[C@H](C#N)N1CCN(CCOC[C@H]2CCCO2)CC1. The molecule has 0 saturated carbocycles. The van der Waals surface area contributed by atoms with E-state index in [0.29, 0.717) is 12.0 Å². The van der Waals surface area contributed by atoms with Crippen molar-refractivity contribution < 1.29 is 9.47 Å². The van der Waals surface area contributed by atoms with E-state index in [-0.39, 0.29) is 6.04 Å². The summed E-state index contributed by atoms with van der Waals surface area (Å²) in [6.07, 6.45) is 2.64. The van der Waals surface area contributed by atoms with Gasteiger partial charge in [0.1, 0.15) is 6.04 Å². The van der Waals surface area contributed by atoms with E-state index in [2.05, 4.69) is 29.7 Å². The van der Waals surface area contributed by atoms with Crippen molar-refractivity contribution in [2.24, 2.45) is 5.92 Å². The maximum absolute atomic E-state index is 9.25. The summed E-state index contributed by atoms with van der Waals surface area (Å²) in [5, 5.41) is 9.25. The topological polar surface area (TPSA) is 48.7 Å². The zero-order valence-electron chi connectivity index (χ0n) is 13.5. The predicted octanol–water partition coefficient (Wildman–Crippen LogP) is 1.35. The van der Waals surface area contributed by atoms with Gasteiger partial charge in [0.2, 0.25) is 0 Å². The van der Waals surface area contributed by atoms with E-state index in [1.165, 1.54) is 6.42 Å². The molecular weight excluding hydrogens is 266 g/mol. The van der Waals surface area contributed by atoms with Gasteiger partial charge < -0.3 is 9.47 Å². The van der Waals surface area contributed by atoms with Gasteiger partial charge in [-0.25, -0.2) is 0 Å². The lowest BCUT2D eigenvalue weighted by Crippen LogP contribution is -2.51. The van der Waals surface area contributed by atoms with Gasteiger partial charge in [-0.05, 0) is 18.8 Å². The van der Waals surface area contributed by atoms with E-state index in [0.717, 1.165) is 59.0 Å². The van der Waals surface area contributed by atoms with Gasteiger partial charge in [0.15, 0.2) is 0 Å². The fraction of sp³-hybridized carbons (Fsp3) is 0.938. The second kappa shape index (κ2) is 8.70. The third-order valence-electron chi connectivity index (χ3n) is 4.44. The van der Waals surface area contributed by atoms with Crippen molar-refractivity contribution >= 4 is 0 Å². The van der Waals surface area contributed by atoms with Crippen LogP contribution in [-0.2, 0) is 9.47 Å². The molecule has 2 atom stereocenters. The molecule has 2 saturated heterocycles. The zero-order chi connectivity index (χ0) is 15.1. The van der Waals surface area contributed by atoms with Crippen LogP contribution in [-0.4, -0.2) is 74.5 Å². The summed E-state index contributed by atoms with van der Waals surface area (Å²) in [7, 11) is 0. The quantitative estimate of drug-likeness (QED) is 0.664. The summed E-state index contributed by atoms with van der Waals surface area (Å²) in [6.45, 7) is 11.7. The molecular formula is C16H29N3O2. The molecule has 2 aliphatic rings.